The second kappa shape index (κ2) is 6.73. The summed E-state index contributed by atoms with van der Waals surface area (Å²) in [4.78, 5) is 9.98. The van der Waals surface area contributed by atoms with Crippen molar-refractivity contribution in [3.8, 4) is 5.75 Å². The summed E-state index contributed by atoms with van der Waals surface area (Å²) in [6.07, 6.45) is -7.22. The highest BCUT2D eigenvalue weighted by Crippen LogP contribution is 2.31. The van der Waals surface area contributed by atoms with Crippen molar-refractivity contribution in [2.75, 3.05) is 6.61 Å². The summed E-state index contributed by atoms with van der Waals surface area (Å²) >= 11 is 5.85. The number of aliphatic hydroxyl groups excluding tert-OH is 4. The van der Waals surface area contributed by atoms with Crippen LogP contribution < -0.4 is 4.74 Å². The highest BCUT2D eigenvalue weighted by atomic mass is 35.5. The molecule has 22 heavy (non-hydrogen) atoms. The molecule has 1 heterocycles. The Bertz CT molecular complexity index is 554. The van der Waals surface area contributed by atoms with Crippen LogP contribution in [0.4, 0.5) is 5.69 Å². The van der Waals surface area contributed by atoms with E-state index in [9.17, 15) is 25.4 Å². The number of nitrogens with zero attached hydrogens (tertiary/aromatic N) is 1. The molecule has 1 aliphatic rings. The molecule has 1 fully saturated rings. The lowest BCUT2D eigenvalue weighted by molar-refractivity contribution is -0.384. The summed E-state index contributed by atoms with van der Waals surface area (Å²) in [5.74, 6) is -0.0170. The third-order valence-corrected chi connectivity index (χ3v) is 3.51. The van der Waals surface area contributed by atoms with Gasteiger partial charge in [-0.25, -0.2) is 0 Å². The Labute approximate surface area is 129 Å². The van der Waals surface area contributed by atoms with Crippen molar-refractivity contribution in [2.45, 2.75) is 30.7 Å². The number of halogens is 1. The number of non-ortho nitro benzene ring substituents is 1. The summed E-state index contributed by atoms with van der Waals surface area (Å²) in [5.41, 5.74) is -0.244. The van der Waals surface area contributed by atoms with Crippen molar-refractivity contribution in [1.82, 2.24) is 0 Å². The minimum absolute atomic E-state index is 0.0170. The Morgan fingerprint density at radius 1 is 1.27 bits per heavy atom. The fourth-order valence-corrected chi connectivity index (χ4v) is 2.21. The summed E-state index contributed by atoms with van der Waals surface area (Å²) in [7, 11) is 0. The Balaban J connectivity index is 2.17. The zero-order valence-electron chi connectivity index (χ0n) is 11.1. The lowest BCUT2D eigenvalue weighted by Gasteiger charge is -2.39. The van der Waals surface area contributed by atoms with Gasteiger partial charge in [0.15, 0.2) is 0 Å². The monoisotopic (exact) mass is 335 g/mol. The second-order valence-electron chi connectivity index (χ2n) is 4.69. The van der Waals surface area contributed by atoms with Crippen LogP contribution in [0.15, 0.2) is 18.2 Å². The quantitative estimate of drug-likeness (QED) is 0.423. The summed E-state index contributed by atoms with van der Waals surface area (Å²) in [6, 6.07) is 3.41. The summed E-state index contributed by atoms with van der Waals surface area (Å²) in [6.45, 7) is -0.598. The van der Waals surface area contributed by atoms with E-state index in [2.05, 4.69) is 0 Å². The number of nitro benzene ring substituents is 1. The molecule has 0 unspecified atom stereocenters. The van der Waals surface area contributed by atoms with E-state index in [1.807, 2.05) is 0 Å². The van der Waals surface area contributed by atoms with Gasteiger partial charge in [0, 0.05) is 12.1 Å². The van der Waals surface area contributed by atoms with Gasteiger partial charge in [-0.2, -0.15) is 0 Å². The minimum Gasteiger partial charge on any atom is -0.460 e. The molecule has 0 aliphatic carbocycles. The second-order valence-corrected chi connectivity index (χ2v) is 5.09. The molecule has 2 rings (SSSR count). The summed E-state index contributed by atoms with van der Waals surface area (Å²) < 4.78 is 10.4. The first-order chi connectivity index (χ1) is 10.3. The van der Waals surface area contributed by atoms with Crippen LogP contribution in [0.2, 0.25) is 5.02 Å². The lowest BCUT2D eigenvalue weighted by atomic mass is 9.99. The normalized spacial score (nSPS) is 31.8. The Morgan fingerprint density at radius 3 is 2.50 bits per heavy atom. The van der Waals surface area contributed by atoms with Crippen molar-refractivity contribution >= 4 is 17.3 Å². The number of aliphatic hydroxyl groups is 4. The van der Waals surface area contributed by atoms with Crippen LogP contribution in [0.1, 0.15) is 0 Å². The van der Waals surface area contributed by atoms with Gasteiger partial charge in [-0.1, -0.05) is 11.6 Å². The standard InChI is InChI=1S/C12H14ClNO8/c13-6-3-5(14(19)20)1-2-7(6)21-12-11(18)10(17)9(16)8(4-15)22-12/h1-3,8-12,15-18H,4H2/t8-,9-,10+,11-,12+/m0/s1. The first-order valence-corrected chi connectivity index (χ1v) is 6.64. The largest absolute Gasteiger partial charge is 0.460 e. The van der Waals surface area contributed by atoms with Gasteiger partial charge >= 0.3 is 0 Å². The molecule has 0 radical (unpaired) electrons. The molecule has 0 aromatic heterocycles. The zero-order chi connectivity index (χ0) is 16.4. The zero-order valence-corrected chi connectivity index (χ0v) is 11.8. The van der Waals surface area contributed by atoms with Gasteiger partial charge in [0.1, 0.15) is 30.2 Å². The molecular weight excluding hydrogens is 322 g/mol. The van der Waals surface area contributed by atoms with E-state index in [0.717, 1.165) is 12.1 Å². The van der Waals surface area contributed by atoms with Gasteiger partial charge in [0.25, 0.3) is 5.69 Å². The highest BCUT2D eigenvalue weighted by molar-refractivity contribution is 6.32. The van der Waals surface area contributed by atoms with Crippen molar-refractivity contribution in [1.29, 1.82) is 0 Å². The average molecular weight is 336 g/mol. The Morgan fingerprint density at radius 2 is 1.95 bits per heavy atom. The van der Waals surface area contributed by atoms with Crippen LogP contribution in [0.5, 0.6) is 5.75 Å². The Hall–Kier alpha value is -1.49. The number of rotatable bonds is 4. The number of hydrogen-bond donors (Lipinski definition) is 4. The van der Waals surface area contributed by atoms with Gasteiger partial charge in [-0.3, -0.25) is 10.1 Å². The first-order valence-electron chi connectivity index (χ1n) is 6.26. The van der Waals surface area contributed by atoms with E-state index >= 15 is 0 Å². The smallest absolute Gasteiger partial charge is 0.271 e. The molecule has 0 saturated carbocycles. The molecule has 5 atom stereocenters. The fourth-order valence-electron chi connectivity index (χ4n) is 1.99. The van der Waals surface area contributed by atoms with Gasteiger partial charge in [0.05, 0.1) is 16.6 Å². The third-order valence-electron chi connectivity index (χ3n) is 3.22. The number of nitro groups is 1. The van der Waals surface area contributed by atoms with Gasteiger partial charge in [-0.15, -0.1) is 0 Å². The maximum Gasteiger partial charge on any atom is 0.271 e. The van der Waals surface area contributed by atoms with Crippen LogP contribution >= 0.6 is 11.6 Å². The van der Waals surface area contributed by atoms with Crippen molar-refractivity contribution in [2.24, 2.45) is 0 Å². The van der Waals surface area contributed by atoms with Crippen molar-refractivity contribution in [3.05, 3.63) is 33.3 Å². The highest BCUT2D eigenvalue weighted by Gasteiger charge is 2.44. The molecule has 10 heteroatoms. The molecule has 1 aromatic carbocycles. The molecule has 0 spiro atoms. The molecule has 4 N–H and O–H groups in total. The van der Waals surface area contributed by atoms with Gasteiger partial charge in [0.2, 0.25) is 6.29 Å². The van der Waals surface area contributed by atoms with E-state index < -0.39 is 42.2 Å². The molecule has 9 nitrogen and oxygen atoms in total. The molecule has 1 aliphatic heterocycles. The topological polar surface area (TPSA) is 143 Å². The fraction of sp³-hybridized carbons (Fsp3) is 0.500. The number of ether oxygens (including phenoxy) is 2. The van der Waals surface area contributed by atoms with Crippen LogP contribution in [-0.4, -0.2) is 62.7 Å². The maximum atomic E-state index is 10.6. The van der Waals surface area contributed by atoms with E-state index in [0.29, 0.717) is 0 Å². The SMILES string of the molecule is O=[N+]([O-])c1ccc(O[C@@H]2O[C@@H](CO)[C@H](O)[C@@H](O)[C@@H]2O)c(Cl)c1. The van der Waals surface area contributed by atoms with Crippen LogP contribution in [-0.2, 0) is 4.74 Å². The van der Waals surface area contributed by atoms with Crippen LogP contribution in [0.25, 0.3) is 0 Å². The molecular formula is C12H14ClNO8. The predicted molar refractivity (Wildman–Crippen MR) is 72.5 cm³/mol. The van der Waals surface area contributed by atoms with Crippen molar-refractivity contribution in [3.63, 3.8) is 0 Å². The van der Waals surface area contributed by atoms with Crippen molar-refractivity contribution < 1.29 is 34.8 Å². The molecule has 0 bridgehead atoms. The molecule has 122 valence electrons. The van der Waals surface area contributed by atoms with E-state index in [1.54, 1.807) is 0 Å². The molecule has 1 aromatic rings. The van der Waals surface area contributed by atoms with Crippen LogP contribution in [0.3, 0.4) is 0 Å². The third kappa shape index (κ3) is 3.29. The predicted octanol–water partition coefficient (Wildman–Crippen LogP) is -0.573. The molecule has 0 amide bonds. The van der Waals surface area contributed by atoms with E-state index in [4.69, 9.17) is 26.2 Å². The number of benzene rings is 1. The van der Waals surface area contributed by atoms with E-state index in [1.165, 1.54) is 6.07 Å². The van der Waals surface area contributed by atoms with Gasteiger partial charge in [-0.05, 0) is 6.07 Å². The number of hydrogen-bond acceptors (Lipinski definition) is 8. The van der Waals surface area contributed by atoms with Gasteiger partial charge < -0.3 is 29.9 Å². The Kier molecular flexibility index (Phi) is 5.16. The maximum absolute atomic E-state index is 10.6. The minimum atomic E-state index is -1.59. The molecule has 1 saturated heterocycles. The lowest BCUT2D eigenvalue weighted by Crippen LogP contribution is -2.60. The van der Waals surface area contributed by atoms with Crippen LogP contribution in [0, 0.1) is 10.1 Å². The summed E-state index contributed by atoms with van der Waals surface area (Å²) in [5, 5.41) is 48.7. The first kappa shape index (κ1) is 16.9. The average Bonchev–Trinajstić information content (AvgIpc) is 2.49. The van der Waals surface area contributed by atoms with E-state index in [-0.39, 0.29) is 16.5 Å².